The predicted molar refractivity (Wildman–Crippen MR) is 108 cm³/mol. The van der Waals surface area contributed by atoms with Gasteiger partial charge in [0, 0.05) is 15.2 Å². The molecule has 1 heterocycles. The highest BCUT2D eigenvalue weighted by Gasteiger charge is 2.38. The van der Waals surface area contributed by atoms with E-state index in [1.54, 1.807) is 36.4 Å². The van der Waals surface area contributed by atoms with Crippen LogP contribution in [-0.4, -0.2) is 23.1 Å². The van der Waals surface area contributed by atoms with Crippen LogP contribution >= 0.6 is 44.1 Å². The van der Waals surface area contributed by atoms with Crippen LogP contribution in [0.3, 0.4) is 0 Å². The number of anilines is 1. The lowest BCUT2D eigenvalue weighted by atomic mass is 10.1. The quantitative estimate of drug-likeness (QED) is 0.410. The molecule has 0 aliphatic carbocycles. The van der Waals surface area contributed by atoms with Gasteiger partial charge < -0.3 is 5.32 Å². The van der Waals surface area contributed by atoms with E-state index >= 15 is 0 Å². The van der Waals surface area contributed by atoms with Crippen LogP contribution in [0, 0.1) is 5.92 Å². The SMILES string of the molecule is O=C1NC(=S)N(c2ccc(Br)cc2)C(=O)[C@H]1C=Nc1ccc(Br)cc1. The summed E-state index contributed by atoms with van der Waals surface area (Å²) in [6.07, 6.45) is 1.34. The number of nitrogens with one attached hydrogen (secondary N) is 1. The fourth-order valence-corrected chi connectivity index (χ4v) is 3.07. The van der Waals surface area contributed by atoms with Crippen molar-refractivity contribution in [3.05, 3.63) is 57.5 Å². The van der Waals surface area contributed by atoms with Gasteiger partial charge in [-0.3, -0.25) is 19.5 Å². The molecule has 3 rings (SSSR count). The number of carbonyl (C=O) groups is 2. The van der Waals surface area contributed by atoms with E-state index < -0.39 is 17.7 Å². The fraction of sp³-hybridized carbons (Fsp3) is 0.0588. The Balaban J connectivity index is 1.87. The Morgan fingerprint density at radius 2 is 1.56 bits per heavy atom. The highest BCUT2D eigenvalue weighted by molar-refractivity contribution is 9.10. The predicted octanol–water partition coefficient (Wildman–Crippen LogP) is 3.98. The summed E-state index contributed by atoms with van der Waals surface area (Å²) >= 11 is 11.8. The topological polar surface area (TPSA) is 61.8 Å². The molecule has 1 saturated heterocycles. The smallest absolute Gasteiger partial charge is 0.251 e. The Bertz CT molecular complexity index is 866. The average Bonchev–Trinajstić information content (AvgIpc) is 2.57. The number of nitrogens with zero attached hydrogens (tertiary/aromatic N) is 2. The third-order valence-corrected chi connectivity index (χ3v) is 4.83. The van der Waals surface area contributed by atoms with Crippen molar-refractivity contribution in [2.24, 2.45) is 10.9 Å². The molecule has 2 aromatic carbocycles. The first-order valence-corrected chi connectivity index (χ1v) is 9.19. The van der Waals surface area contributed by atoms with E-state index in [1.807, 2.05) is 12.1 Å². The first-order chi connectivity index (χ1) is 12.0. The number of rotatable bonds is 3. The molecule has 1 fully saturated rings. The van der Waals surface area contributed by atoms with Crippen molar-refractivity contribution in [3.63, 3.8) is 0 Å². The molecular formula is C17H11Br2N3O2S. The number of amides is 2. The number of thiocarbonyl (C=S) groups is 1. The molecule has 1 aliphatic rings. The first kappa shape index (κ1) is 17.9. The number of carbonyl (C=O) groups excluding carboxylic acids is 2. The first-order valence-electron chi connectivity index (χ1n) is 7.20. The van der Waals surface area contributed by atoms with E-state index in [-0.39, 0.29) is 5.11 Å². The van der Waals surface area contributed by atoms with E-state index in [9.17, 15) is 9.59 Å². The number of hydrogen-bond acceptors (Lipinski definition) is 4. The number of hydrogen-bond donors (Lipinski definition) is 1. The van der Waals surface area contributed by atoms with Gasteiger partial charge in [0.1, 0.15) is 0 Å². The lowest BCUT2D eigenvalue weighted by Crippen LogP contribution is -2.58. The van der Waals surface area contributed by atoms with Gasteiger partial charge in [-0.2, -0.15) is 0 Å². The van der Waals surface area contributed by atoms with E-state index in [1.165, 1.54) is 11.1 Å². The monoisotopic (exact) mass is 479 g/mol. The van der Waals surface area contributed by atoms with Crippen molar-refractivity contribution in [3.8, 4) is 0 Å². The Labute approximate surface area is 166 Å². The van der Waals surface area contributed by atoms with Gasteiger partial charge in [0.2, 0.25) is 5.91 Å². The molecule has 5 nitrogen and oxygen atoms in total. The standard InChI is InChI=1S/C17H11Br2N3O2S/c18-10-1-5-12(6-2-10)20-9-14-15(23)21-17(25)22(16(14)24)13-7-3-11(19)4-8-13/h1-9,14H,(H,21,23,25)/t14-/m0/s1. The summed E-state index contributed by atoms with van der Waals surface area (Å²) in [5, 5.41) is 2.62. The molecule has 0 saturated carbocycles. The van der Waals surface area contributed by atoms with Gasteiger partial charge in [-0.1, -0.05) is 31.9 Å². The summed E-state index contributed by atoms with van der Waals surface area (Å²) < 4.78 is 1.80. The minimum absolute atomic E-state index is 0.0608. The van der Waals surface area contributed by atoms with Crippen LogP contribution in [0.4, 0.5) is 11.4 Å². The summed E-state index contributed by atoms with van der Waals surface area (Å²) in [4.78, 5) is 30.5. The molecule has 126 valence electrons. The molecule has 0 unspecified atom stereocenters. The van der Waals surface area contributed by atoms with Crippen LogP contribution in [0.25, 0.3) is 0 Å². The maximum absolute atomic E-state index is 12.8. The van der Waals surface area contributed by atoms with Crippen LogP contribution in [0.15, 0.2) is 62.5 Å². The Hall–Kier alpha value is -1.90. The highest BCUT2D eigenvalue weighted by atomic mass is 79.9. The molecule has 1 atom stereocenters. The molecule has 2 amide bonds. The Morgan fingerprint density at radius 1 is 1.00 bits per heavy atom. The van der Waals surface area contributed by atoms with Crippen LogP contribution in [-0.2, 0) is 9.59 Å². The van der Waals surface area contributed by atoms with Gasteiger partial charge in [-0.25, -0.2) is 0 Å². The maximum Gasteiger partial charge on any atom is 0.251 e. The summed E-state index contributed by atoms with van der Waals surface area (Å²) in [7, 11) is 0. The molecule has 0 aromatic heterocycles. The van der Waals surface area contributed by atoms with Gasteiger partial charge in [0.25, 0.3) is 5.91 Å². The zero-order chi connectivity index (χ0) is 18.0. The van der Waals surface area contributed by atoms with Crippen molar-refractivity contribution in [2.45, 2.75) is 0 Å². The number of aliphatic imine (C=N–C) groups is 1. The van der Waals surface area contributed by atoms with E-state index in [0.717, 1.165) is 8.95 Å². The molecule has 0 spiro atoms. The van der Waals surface area contributed by atoms with Gasteiger partial charge in [-0.05, 0) is 60.7 Å². The van der Waals surface area contributed by atoms with Crippen molar-refractivity contribution in [2.75, 3.05) is 4.90 Å². The van der Waals surface area contributed by atoms with E-state index in [4.69, 9.17) is 12.2 Å². The molecular weight excluding hydrogens is 470 g/mol. The number of benzene rings is 2. The molecule has 0 bridgehead atoms. The third kappa shape index (κ3) is 4.02. The molecule has 25 heavy (non-hydrogen) atoms. The molecule has 0 radical (unpaired) electrons. The van der Waals surface area contributed by atoms with Crippen molar-refractivity contribution >= 4 is 78.6 Å². The highest BCUT2D eigenvalue weighted by Crippen LogP contribution is 2.23. The summed E-state index contributed by atoms with van der Waals surface area (Å²) in [5.41, 5.74) is 1.23. The van der Waals surface area contributed by atoms with Gasteiger partial charge in [0.05, 0.1) is 11.4 Å². The summed E-state index contributed by atoms with van der Waals surface area (Å²) in [6, 6.07) is 14.3. The zero-order valence-corrected chi connectivity index (χ0v) is 16.6. The minimum atomic E-state index is -1.04. The minimum Gasteiger partial charge on any atom is -0.301 e. The van der Waals surface area contributed by atoms with Crippen LogP contribution in [0.5, 0.6) is 0 Å². The van der Waals surface area contributed by atoms with Gasteiger partial charge in [0.15, 0.2) is 11.0 Å². The van der Waals surface area contributed by atoms with Crippen molar-refractivity contribution in [1.82, 2.24) is 5.32 Å². The Morgan fingerprint density at radius 3 is 2.16 bits per heavy atom. The maximum atomic E-state index is 12.8. The summed E-state index contributed by atoms with van der Waals surface area (Å²) in [5.74, 6) is -1.96. The normalized spacial score (nSPS) is 17.9. The van der Waals surface area contributed by atoms with Crippen LogP contribution in [0.2, 0.25) is 0 Å². The second-order valence-electron chi connectivity index (χ2n) is 5.18. The second-order valence-corrected chi connectivity index (χ2v) is 7.39. The largest absolute Gasteiger partial charge is 0.301 e. The summed E-state index contributed by atoms with van der Waals surface area (Å²) in [6.45, 7) is 0. The Kier molecular flexibility index (Phi) is 5.41. The van der Waals surface area contributed by atoms with Gasteiger partial charge in [-0.15, -0.1) is 0 Å². The lowest BCUT2D eigenvalue weighted by Gasteiger charge is -2.30. The molecule has 8 heteroatoms. The van der Waals surface area contributed by atoms with E-state index in [2.05, 4.69) is 42.2 Å². The van der Waals surface area contributed by atoms with Crippen molar-refractivity contribution < 1.29 is 9.59 Å². The van der Waals surface area contributed by atoms with Crippen LogP contribution in [0.1, 0.15) is 0 Å². The molecule has 1 N–H and O–H groups in total. The fourth-order valence-electron chi connectivity index (χ4n) is 2.24. The van der Waals surface area contributed by atoms with E-state index in [0.29, 0.717) is 11.4 Å². The lowest BCUT2D eigenvalue weighted by molar-refractivity contribution is -0.130. The molecule has 1 aliphatic heterocycles. The number of halogens is 2. The third-order valence-electron chi connectivity index (χ3n) is 3.49. The molecule has 2 aromatic rings. The second kappa shape index (κ2) is 7.55. The average molecular weight is 481 g/mol. The van der Waals surface area contributed by atoms with Crippen LogP contribution < -0.4 is 10.2 Å². The zero-order valence-electron chi connectivity index (χ0n) is 12.6. The van der Waals surface area contributed by atoms with Gasteiger partial charge >= 0.3 is 0 Å². The van der Waals surface area contributed by atoms with Crippen molar-refractivity contribution in [1.29, 1.82) is 0 Å².